The van der Waals surface area contributed by atoms with Crippen LogP contribution in [0.5, 0.6) is 5.75 Å². The van der Waals surface area contributed by atoms with Gasteiger partial charge in [0.1, 0.15) is 11.6 Å². The van der Waals surface area contributed by atoms with E-state index in [0.29, 0.717) is 24.9 Å². The van der Waals surface area contributed by atoms with Crippen LogP contribution in [0.4, 0.5) is 4.39 Å². The van der Waals surface area contributed by atoms with E-state index in [4.69, 9.17) is 4.74 Å². The summed E-state index contributed by atoms with van der Waals surface area (Å²) >= 11 is 0. The molecule has 1 aliphatic heterocycles. The van der Waals surface area contributed by atoms with Gasteiger partial charge in [0, 0.05) is 26.1 Å². The lowest BCUT2D eigenvalue weighted by molar-refractivity contribution is -0.134. The number of carbonyl (C=O) groups is 1. The first-order valence-electron chi connectivity index (χ1n) is 8.56. The van der Waals surface area contributed by atoms with E-state index >= 15 is 0 Å². The molecule has 5 heteroatoms. The van der Waals surface area contributed by atoms with Gasteiger partial charge in [-0.05, 0) is 35.7 Å². The van der Waals surface area contributed by atoms with Crippen LogP contribution in [-0.2, 0) is 11.2 Å². The molecule has 0 aromatic heterocycles. The fourth-order valence-corrected chi connectivity index (χ4v) is 3.21. The highest BCUT2D eigenvalue weighted by Gasteiger charge is 2.27. The molecule has 1 heterocycles. The lowest BCUT2D eigenvalue weighted by atomic mass is 10.0. The Bertz CT molecular complexity index is 718. The fourth-order valence-electron chi connectivity index (χ4n) is 3.21. The van der Waals surface area contributed by atoms with E-state index in [1.54, 1.807) is 25.3 Å². The minimum Gasteiger partial charge on any atom is -0.497 e. The Labute approximate surface area is 147 Å². The van der Waals surface area contributed by atoms with E-state index in [2.05, 4.69) is 5.32 Å². The maximum atomic E-state index is 13.7. The van der Waals surface area contributed by atoms with Crippen molar-refractivity contribution in [3.8, 4) is 5.75 Å². The van der Waals surface area contributed by atoms with Gasteiger partial charge in [0.2, 0.25) is 5.91 Å². The quantitative estimate of drug-likeness (QED) is 0.908. The predicted octanol–water partition coefficient (Wildman–Crippen LogP) is 2.94. The molecule has 0 spiro atoms. The molecule has 3 rings (SSSR count). The van der Waals surface area contributed by atoms with Crippen LogP contribution in [0.3, 0.4) is 0 Å². The third kappa shape index (κ3) is 4.17. The molecule has 0 radical (unpaired) electrons. The van der Waals surface area contributed by atoms with Crippen molar-refractivity contribution in [1.82, 2.24) is 10.2 Å². The van der Waals surface area contributed by atoms with Crippen LogP contribution in [0.1, 0.15) is 23.6 Å². The summed E-state index contributed by atoms with van der Waals surface area (Å²) in [5, 5.41) is 3.34. The number of benzene rings is 2. The largest absolute Gasteiger partial charge is 0.497 e. The Morgan fingerprint density at radius 3 is 2.72 bits per heavy atom. The summed E-state index contributed by atoms with van der Waals surface area (Å²) in [7, 11) is 1.63. The summed E-state index contributed by atoms with van der Waals surface area (Å²) in [6.45, 7) is 2.16. The van der Waals surface area contributed by atoms with Gasteiger partial charge < -0.3 is 15.0 Å². The van der Waals surface area contributed by atoms with Crippen LogP contribution in [0.25, 0.3) is 0 Å². The number of amides is 1. The zero-order valence-corrected chi connectivity index (χ0v) is 14.4. The zero-order chi connectivity index (χ0) is 17.6. The van der Waals surface area contributed by atoms with E-state index in [9.17, 15) is 9.18 Å². The molecule has 0 saturated carbocycles. The van der Waals surface area contributed by atoms with E-state index in [1.807, 2.05) is 29.2 Å². The first-order valence-corrected chi connectivity index (χ1v) is 8.56. The molecule has 1 aliphatic rings. The maximum Gasteiger partial charge on any atom is 0.223 e. The van der Waals surface area contributed by atoms with Crippen molar-refractivity contribution in [3.05, 3.63) is 65.5 Å². The number of aryl methyl sites for hydroxylation is 1. The zero-order valence-electron chi connectivity index (χ0n) is 14.4. The summed E-state index contributed by atoms with van der Waals surface area (Å²) < 4.78 is 18.9. The molecule has 132 valence electrons. The van der Waals surface area contributed by atoms with Gasteiger partial charge in [-0.1, -0.05) is 30.3 Å². The molecular weight excluding hydrogens is 319 g/mol. The highest BCUT2D eigenvalue weighted by molar-refractivity contribution is 5.77. The number of halogens is 1. The Kier molecular flexibility index (Phi) is 5.66. The number of hydrogen-bond acceptors (Lipinski definition) is 3. The number of nitrogens with zero attached hydrogens (tertiary/aromatic N) is 1. The normalized spacial score (nSPS) is 17.4. The lowest BCUT2D eigenvalue weighted by Gasteiger charge is -2.36. The van der Waals surface area contributed by atoms with Crippen LogP contribution >= 0.6 is 0 Å². The number of ether oxygens (including phenoxy) is 1. The smallest absolute Gasteiger partial charge is 0.223 e. The van der Waals surface area contributed by atoms with Crippen molar-refractivity contribution in [2.75, 3.05) is 26.7 Å². The second kappa shape index (κ2) is 8.12. The predicted molar refractivity (Wildman–Crippen MR) is 95.0 cm³/mol. The molecule has 25 heavy (non-hydrogen) atoms. The molecule has 1 N–H and O–H groups in total. The average Bonchev–Trinajstić information content (AvgIpc) is 2.67. The number of methoxy groups -OCH3 is 1. The van der Waals surface area contributed by atoms with Gasteiger partial charge in [-0.15, -0.1) is 0 Å². The lowest BCUT2D eigenvalue weighted by Crippen LogP contribution is -2.48. The van der Waals surface area contributed by atoms with Gasteiger partial charge in [0.15, 0.2) is 0 Å². The third-order valence-corrected chi connectivity index (χ3v) is 4.63. The number of carbonyl (C=O) groups excluding carboxylic acids is 1. The summed E-state index contributed by atoms with van der Waals surface area (Å²) in [5.41, 5.74) is 1.67. The molecule has 0 unspecified atom stereocenters. The molecular formula is C20H23FN2O2. The van der Waals surface area contributed by atoms with Crippen LogP contribution in [0.15, 0.2) is 48.5 Å². The second-order valence-electron chi connectivity index (χ2n) is 6.17. The van der Waals surface area contributed by atoms with Gasteiger partial charge in [-0.3, -0.25) is 4.79 Å². The molecule has 1 amide bonds. The molecule has 1 fully saturated rings. The number of hydrogen-bond donors (Lipinski definition) is 1. The summed E-state index contributed by atoms with van der Waals surface area (Å²) in [5.74, 6) is 0.609. The number of piperazine rings is 1. The fraction of sp³-hybridized carbons (Fsp3) is 0.350. The topological polar surface area (TPSA) is 41.6 Å². The van der Waals surface area contributed by atoms with Crippen molar-refractivity contribution in [3.63, 3.8) is 0 Å². The van der Waals surface area contributed by atoms with E-state index in [1.165, 1.54) is 6.07 Å². The number of rotatable bonds is 5. The molecule has 4 nitrogen and oxygen atoms in total. The first kappa shape index (κ1) is 17.4. The van der Waals surface area contributed by atoms with Crippen molar-refractivity contribution in [1.29, 1.82) is 0 Å². The number of nitrogens with one attached hydrogen (secondary N) is 1. The van der Waals surface area contributed by atoms with Gasteiger partial charge >= 0.3 is 0 Å². The van der Waals surface area contributed by atoms with E-state index < -0.39 is 0 Å². The Morgan fingerprint density at radius 1 is 1.24 bits per heavy atom. The van der Waals surface area contributed by atoms with Crippen molar-refractivity contribution < 1.29 is 13.9 Å². The Balaban J connectivity index is 1.69. The minimum absolute atomic E-state index is 0.00669. The van der Waals surface area contributed by atoms with Gasteiger partial charge in [-0.25, -0.2) is 4.39 Å². The van der Waals surface area contributed by atoms with Crippen LogP contribution in [0.2, 0.25) is 0 Å². The second-order valence-corrected chi connectivity index (χ2v) is 6.17. The Morgan fingerprint density at radius 2 is 2.00 bits per heavy atom. The van der Waals surface area contributed by atoms with Crippen molar-refractivity contribution >= 4 is 5.91 Å². The Hall–Kier alpha value is -2.40. The molecule has 2 aromatic carbocycles. The SMILES string of the molecule is COc1ccc([C@@H]2CNCCN2C(=O)CCc2ccccc2F)cc1. The molecule has 0 aliphatic carbocycles. The third-order valence-electron chi connectivity index (χ3n) is 4.63. The van der Waals surface area contributed by atoms with E-state index in [0.717, 1.165) is 24.4 Å². The highest BCUT2D eigenvalue weighted by Crippen LogP contribution is 2.25. The van der Waals surface area contributed by atoms with Crippen LogP contribution in [0, 0.1) is 5.82 Å². The molecule has 0 bridgehead atoms. The standard InChI is InChI=1S/C20H23FN2O2/c1-25-17-9-6-16(7-10-17)19-14-22-12-13-23(19)20(24)11-8-15-4-2-3-5-18(15)21/h2-7,9-10,19,22H,8,11-14H2,1H3/t19-/m0/s1. The maximum absolute atomic E-state index is 13.7. The van der Waals surface area contributed by atoms with Gasteiger partial charge in [0.25, 0.3) is 0 Å². The first-order chi connectivity index (χ1) is 12.2. The van der Waals surface area contributed by atoms with Crippen LogP contribution < -0.4 is 10.1 Å². The monoisotopic (exact) mass is 342 g/mol. The van der Waals surface area contributed by atoms with Gasteiger partial charge in [0.05, 0.1) is 13.2 Å². The average molecular weight is 342 g/mol. The summed E-state index contributed by atoms with van der Waals surface area (Å²) in [6.07, 6.45) is 0.734. The molecule has 1 atom stereocenters. The molecule has 2 aromatic rings. The summed E-state index contributed by atoms with van der Waals surface area (Å²) in [6, 6.07) is 14.4. The molecule has 1 saturated heterocycles. The minimum atomic E-state index is -0.248. The summed E-state index contributed by atoms with van der Waals surface area (Å²) in [4.78, 5) is 14.6. The van der Waals surface area contributed by atoms with Crippen molar-refractivity contribution in [2.24, 2.45) is 0 Å². The highest BCUT2D eigenvalue weighted by atomic mass is 19.1. The van der Waals surface area contributed by atoms with Gasteiger partial charge in [-0.2, -0.15) is 0 Å². The van der Waals surface area contributed by atoms with Crippen LogP contribution in [-0.4, -0.2) is 37.6 Å². The van der Waals surface area contributed by atoms with Crippen molar-refractivity contribution in [2.45, 2.75) is 18.9 Å². The van der Waals surface area contributed by atoms with E-state index in [-0.39, 0.29) is 17.8 Å².